The highest BCUT2D eigenvalue weighted by Gasteiger charge is 2.23. The largest absolute Gasteiger partial charge is 0.363 e. The molecule has 8 heteroatoms. The van der Waals surface area contributed by atoms with E-state index in [0.717, 1.165) is 44.5 Å². The number of carbonyl (C=O) groups excluding carboxylic acids is 1. The molecule has 0 bridgehead atoms. The quantitative estimate of drug-likeness (QED) is 0.718. The third-order valence-corrected chi connectivity index (χ3v) is 5.88. The van der Waals surface area contributed by atoms with Crippen LogP contribution in [0.4, 0.5) is 21.8 Å². The van der Waals surface area contributed by atoms with Crippen molar-refractivity contribution in [2.75, 3.05) is 37.3 Å². The van der Waals surface area contributed by atoms with Gasteiger partial charge >= 0.3 is 0 Å². The van der Waals surface area contributed by atoms with Gasteiger partial charge in [0.25, 0.3) is 0 Å². The molecule has 164 valence electrons. The van der Waals surface area contributed by atoms with Crippen molar-refractivity contribution in [2.45, 2.75) is 38.3 Å². The second kappa shape index (κ2) is 9.43. The number of nitrogens with one attached hydrogen (secondary N) is 2. The third-order valence-electron chi connectivity index (χ3n) is 5.88. The molecule has 1 atom stereocenters. The highest BCUT2D eigenvalue weighted by atomic mass is 19.1. The number of rotatable bonds is 5. The topological polar surface area (TPSA) is 73.4 Å². The fourth-order valence-electron chi connectivity index (χ4n) is 4.28. The Morgan fingerprint density at radius 2 is 2.16 bits per heavy atom. The lowest BCUT2D eigenvalue weighted by atomic mass is 10.0. The number of amides is 1. The summed E-state index contributed by atoms with van der Waals surface area (Å²) in [6.45, 7) is 6.72. The summed E-state index contributed by atoms with van der Waals surface area (Å²) in [5, 5.41) is 6.35. The summed E-state index contributed by atoms with van der Waals surface area (Å²) in [7, 11) is 2.13. The second-order valence-corrected chi connectivity index (χ2v) is 8.31. The number of carbonyl (C=O) groups is 1. The van der Waals surface area contributed by atoms with Crippen molar-refractivity contribution in [3.8, 4) is 0 Å². The van der Waals surface area contributed by atoms with Gasteiger partial charge in [-0.3, -0.25) is 4.79 Å². The molecule has 1 fully saturated rings. The molecule has 2 N–H and O–H groups in total. The SMILES string of the molecule is C=CC(=O)N1CCC[C@@H](Nc2nc(Nc3ccc4c(c3)CN(C)CCC4)ncc2F)C1. The van der Waals surface area contributed by atoms with Crippen molar-refractivity contribution >= 4 is 23.4 Å². The van der Waals surface area contributed by atoms with Gasteiger partial charge in [0.2, 0.25) is 11.9 Å². The number of anilines is 3. The van der Waals surface area contributed by atoms with Crippen LogP contribution in [0.5, 0.6) is 0 Å². The number of hydrogen-bond acceptors (Lipinski definition) is 6. The van der Waals surface area contributed by atoms with Gasteiger partial charge < -0.3 is 20.4 Å². The van der Waals surface area contributed by atoms with Crippen LogP contribution in [0.1, 0.15) is 30.4 Å². The van der Waals surface area contributed by atoms with Crippen molar-refractivity contribution in [3.63, 3.8) is 0 Å². The zero-order valence-corrected chi connectivity index (χ0v) is 17.9. The van der Waals surface area contributed by atoms with Gasteiger partial charge in [0, 0.05) is 31.4 Å². The molecule has 1 aromatic heterocycles. The molecule has 2 aliphatic heterocycles. The maximum atomic E-state index is 14.4. The lowest BCUT2D eigenvalue weighted by Gasteiger charge is -2.32. The number of fused-ring (bicyclic) bond motifs is 1. The molecule has 0 aliphatic carbocycles. The van der Waals surface area contributed by atoms with E-state index >= 15 is 0 Å². The van der Waals surface area contributed by atoms with Crippen molar-refractivity contribution in [2.24, 2.45) is 0 Å². The molecule has 0 unspecified atom stereocenters. The predicted octanol–water partition coefficient (Wildman–Crippen LogP) is 3.33. The van der Waals surface area contributed by atoms with Gasteiger partial charge in [-0.05, 0) is 68.6 Å². The Morgan fingerprint density at radius 3 is 3.00 bits per heavy atom. The van der Waals surface area contributed by atoms with Gasteiger partial charge in [-0.1, -0.05) is 12.6 Å². The molecular formula is C23H29FN6O. The van der Waals surface area contributed by atoms with Crippen LogP contribution in [0.3, 0.4) is 0 Å². The minimum atomic E-state index is -0.513. The normalized spacial score (nSPS) is 19.3. The summed E-state index contributed by atoms with van der Waals surface area (Å²) in [5.74, 6) is -0.141. The summed E-state index contributed by atoms with van der Waals surface area (Å²) >= 11 is 0. The highest BCUT2D eigenvalue weighted by Crippen LogP contribution is 2.24. The molecule has 1 amide bonds. The van der Waals surface area contributed by atoms with E-state index in [1.807, 2.05) is 6.07 Å². The van der Waals surface area contributed by atoms with E-state index in [1.54, 1.807) is 4.90 Å². The van der Waals surface area contributed by atoms with E-state index in [-0.39, 0.29) is 17.8 Å². The first-order valence-electron chi connectivity index (χ1n) is 10.8. The molecule has 7 nitrogen and oxygen atoms in total. The maximum absolute atomic E-state index is 14.4. The van der Waals surface area contributed by atoms with Crippen LogP contribution in [-0.4, -0.2) is 58.4 Å². The molecule has 4 rings (SSSR count). The number of benzene rings is 1. The first-order valence-corrected chi connectivity index (χ1v) is 10.8. The zero-order chi connectivity index (χ0) is 21.8. The van der Waals surface area contributed by atoms with Gasteiger partial charge in [-0.2, -0.15) is 4.98 Å². The van der Waals surface area contributed by atoms with Crippen LogP contribution in [0.2, 0.25) is 0 Å². The van der Waals surface area contributed by atoms with E-state index in [9.17, 15) is 9.18 Å². The fourth-order valence-corrected chi connectivity index (χ4v) is 4.28. The lowest BCUT2D eigenvalue weighted by Crippen LogP contribution is -2.44. The second-order valence-electron chi connectivity index (χ2n) is 8.31. The van der Waals surface area contributed by atoms with Gasteiger partial charge in [0.05, 0.1) is 6.20 Å². The molecule has 1 saturated heterocycles. The van der Waals surface area contributed by atoms with Crippen molar-refractivity contribution < 1.29 is 9.18 Å². The summed E-state index contributed by atoms with van der Waals surface area (Å²) in [6, 6.07) is 6.21. The van der Waals surface area contributed by atoms with E-state index < -0.39 is 5.82 Å². The number of likely N-dealkylation sites (tertiary alicyclic amines) is 1. The minimum absolute atomic E-state index is 0.0714. The van der Waals surface area contributed by atoms with E-state index in [4.69, 9.17) is 0 Å². The number of nitrogens with zero attached hydrogens (tertiary/aromatic N) is 4. The Labute approximate surface area is 182 Å². The van der Waals surface area contributed by atoms with Crippen LogP contribution >= 0.6 is 0 Å². The number of aromatic nitrogens is 2. The van der Waals surface area contributed by atoms with Crippen LogP contribution in [0, 0.1) is 5.82 Å². The smallest absolute Gasteiger partial charge is 0.246 e. The average Bonchev–Trinajstić information content (AvgIpc) is 2.95. The fraction of sp³-hybridized carbons (Fsp3) is 0.435. The standard InChI is InChI=1S/C23H29FN6O/c1-3-21(31)30-11-5-7-19(15-30)26-22-20(24)13-25-23(28-22)27-18-9-8-16-6-4-10-29(2)14-17(16)12-18/h3,8-9,12-13,19H,1,4-7,10-11,14-15H2,2H3,(H2,25,26,27,28)/t19-/m1/s1. The first-order chi connectivity index (χ1) is 15.0. The molecule has 0 saturated carbocycles. The Balaban J connectivity index is 1.47. The third kappa shape index (κ3) is 5.19. The summed E-state index contributed by atoms with van der Waals surface area (Å²) in [6.07, 6.45) is 6.40. The Kier molecular flexibility index (Phi) is 6.46. The molecule has 2 aromatic rings. The van der Waals surface area contributed by atoms with E-state index in [2.05, 4.69) is 51.3 Å². The number of halogens is 1. The van der Waals surface area contributed by atoms with Crippen LogP contribution in [0.15, 0.2) is 37.1 Å². The van der Waals surface area contributed by atoms with E-state index in [0.29, 0.717) is 19.0 Å². The molecule has 1 aromatic carbocycles. The van der Waals surface area contributed by atoms with Gasteiger partial charge in [-0.15, -0.1) is 0 Å². The minimum Gasteiger partial charge on any atom is -0.363 e. The van der Waals surface area contributed by atoms with Crippen LogP contribution < -0.4 is 10.6 Å². The molecule has 2 aliphatic rings. The highest BCUT2D eigenvalue weighted by molar-refractivity contribution is 5.87. The molecule has 3 heterocycles. The van der Waals surface area contributed by atoms with Crippen molar-refractivity contribution in [1.82, 2.24) is 19.8 Å². The van der Waals surface area contributed by atoms with E-state index in [1.165, 1.54) is 23.4 Å². The molecule has 0 radical (unpaired) electrons. The number of piperidine rings is 1. The lowest BCUT2D eigenvalue weighted by molar-refractivity contribution is -0.127. The summed E-state index contributed by atoms with van der Waals surface area (Å²) in [4.78, 5) is 24.4. The first kappa shape index (κ1) is 21.2. The van der Waals surface area contributed by atoms with Gasteiger partial charge in [-0.25, -0.2) is 9.37 Å². The molecule has 0 spiro atoms. The average molecular weight is 425 g/mol. The maximum Gasteiger partial charge on any atom is 0.246 e. The Bertz CT molecular complexity index is 965. The van der Waals surface area contributed by atoms with Gasteiger partial charge in [0.15, 0.2) is 11.6 Å². The van der Waals surface area contributed by atoms with Crippen LogP contribution in [-0.2, 0) is 17.8 Å². The molecular weight excluding hydrogens is 395 g/mol. The Hall–Kier alpha value is -3.00. The summed E-state index contributed by atoms with van der Waals surface area (Å²) < 4.78 is 14.4. The monoisotopic (exact) mass is 424 g/mol. The van der Waals surface area contributed by atoms with Crippen molar-refractivity contribution in [1.29, 1.82) is 0 Å². The summed E-state index contributed by atoms with van der Waals surface area (Å²) in [5.41, 5.74) is 3.54. The van der Waals surface area contributed by atoms with Gasteiger partial charge in [0.1, 0.15) is 0 Å². The molecule has 31 heavy (non-hydrogen) atoms. The van der Waals surface area contributed by atoms with Crippen LogP contribution in [0.25, 0.3) is 0 Å². The number of aryl methyl sites for hydroxylation is 1. The predicted molar refractivity (Wildman–Crippen MR) is 120 cm³/mol. The number of hydrogen-bond donors (Lipinski definition) is 2. The Morgan fingerprint density at radius 1 is 1.29 bits per heavy atom. The van der Waals surface area contributed by atoms with Crippen molar-refractivity contribution in [3.05, 3.63) is 54.0 Å². The zero-order valence-electron chi connectivity index (χ0n) is 17.9.